The van der Waals surface area contributed by atoms with Gasteiger partial charge >= 0.3 is 0 Å². The maximum atomic E-state index is 6.52. The number of guanidine groups is 1. The van der Waals surface area contributed by atoms with Crippen LogP contribution >= 0.6 is 0 Å². The minimum Gasteiger partial charge on any atom is -0.487 e. The fraction of sp³-hybridized carbons (Fsp3) is 0.407. The van der Waals surface area contributed by atoms with Gasteiger partial charge in [0, 0.05) is 37.5 Å². The number of nitrogens with one attached hydrogen (secondary N) is 2. The number of imidazole rings is 1. The molecule has 5 rings (SSSR count). The fourth-order valence-corrected chi connectivity index (χ4v) is 5.07. The number of para-hydroxylation sites is 1. The van der Waals surface area contributed by atoms with Crippen molar-refractivity contribution in [2.75, 3.05) is 6.54 Å². The maximum absolute atomic E-state index is 6.52. The Morgan fingerprint density at radius 1 is 1.12 bits per heavy atom. The molecule has 6 nitrogen and oxygen atoms in total. The number of ether oxygens (including phenoxy) is 1. The second-order valence-corrected chi connectivity index (χ2v) is 9.18. The van der Waals surface area contributed by atoms with Crippen molar-refractivity contribution >= 4 is 5.96 Å². The molecule has 0 amide bonds. The van der Waals surface area contributed by atoms with Gasteiger partial charge in [0.1, 0.15) is 11.4 Å². The largest absolute Gasteiger partial charge is 0.487 e. The van der Waals surface area contributed by atoms with E-state index in [2.05, 4.69) is 75.6 Å². The molecule has 1 unspecified atom stereocenters. The van der Waals surface area contributed by atoms with Crippen LogP contribution in [-0.2, 0) is 13.1 Å². The van der Waals surface area contributed by atoms with Gasteiger partial charge < -0.3 is 19.9 Å². The van der Waals surface area contributed by atoms with Gasteiger partial charge in [-0.2, -0.15) is 0 Å². The molecule has 0 radical (unpaired) electrons. The van der Waals surface area contributed by atoms with Crippen LogP contribution < -0.4 is 15.4 Å². The smallest absolute Gasteiger partial charge is 0.192 e. The van der Waals surface area contributed by atoms with Crippen LogP contribution in [0.25, 0.3) is 0 Å². The highest BCUT2D eigenvalue weighted by atomic mass is 16.5. The molecule has 1 aliphatic carbocycles. The number of benzene rings is 2. The standard InChI is InChI=1S/C27H33N5O/c1-2-29-26(30-18-21-9-11-22(12-10-21)19-32-16-15-28-20-32)31-24-17-27(13-5-6-14-27)33-25-8-4-3-7-23(24)25/h3-4,7-12,15-16,20,24H,2,5-6,13-14,17-19H2,1H3,(H2,29,30,31). The van der Waals surface area contributed by atoms with Crippen LogP contribution in [0.2, 0.25) is 0 Å². The minimum atomic E-state index is -0.0333. The monoisotopic (exact) mass is 443 g/mol. The highest BCUT2D eigenvalue weighted by Crippen LogP contribution is 2.46. The molecule has 6 heteroatoms. The van der Waals surface area contributed by atoms with Gasteiger partial charge in [-0.05, 0) is 49.8 Å². The quantitative estimate of drug-likeness (QED) is 0.423. The van der Waals surface area contributed by atoms with Crippen LogP contribution in [-0.4, -0.2) is 27.7 Å². The Bertz CT molecular complexity index is 1070. The van der Waals surface area contributed by atoms with Crippen LogP contribution in [0.1, 0.15) is 61.8 Å². The topological polar surface area (TPSA) is 63.5 Å². The molecule has 1 saturated carbocycles. The molecule has 1 aromatic heterocycles. The summed E-state index contributed by atoms with van der Waals surface area (Å²) >= 11 is 0. The van der Waals surface area contributed by atoms with E-state index in [9.17, 15) is 0 Å². The Labute approximate surface area is 196 Å². The third kappa shape index (κ3) is 5.05. The van der Waals surface area contributed by atoms with Crippen LogP contribution in [0.4, 0.5) is 0 Å². The van der Waals surface area contributed by atoms with E-state index in [1.807, 2.05) is 18.7 Å². The molecule has 2 N–H and O–H groups in total. The predicted molar refractivity (Wildman–Crippen MR) is 131 cm³/mol. The molecular weight excluding hydrogens is 410 g/mol. The van der Waals surface area contributed by atoms with Crippen molar-refractivity contribution in [1.29, 1.82) is 0 Å². The lowest BCUT2D eigenvalue weighted by Crippen LogP contribution is -2.46. The molecule has 172 valence electrons. The van der Waals surface area contributed by atoms with Crippen molar-refractivity contribution < 1.29 is 4.74 Å². The molecule has 2 heterocycles. The van der Waals surface area contributed by atoms with Crippen molar-refractivity contribution in [3.63, 3.8) is 0 Å². The summed E-state index contributed by atoms with van der Waals surface area (Å²) in [5, 5.41) is 7.16. The fourth-order valence-electron chi connectivity index (χ4n) is 5.07. The molecule has 1 aliphatic heterocycles. The summed E-state index contributed by atoms with van der Waals surface area (Å²) in [6.45, 7) is 4.40. The lowest BCUT2D eigenvalue weighted by atomic mass is 9.86. The predicted octanol–water partition coefficient (Wildman–Crippen LogP) is 4.82. The van der Waals surface area contributed by atoms with Gasteiger partial charge in [0.25, 0.3) is 0 Å². The van der Waals surface area contributed by atoms with E-state index in [0.29, 0.717) is 6.54 Å². The molecule has 33 heavy (non-hydrogen) atoms. The summed E-state index contributed by atoms with van der Waals surface area (Å²) < 4.78 is 8.60. The van der Waals surface area contributed by atoms with E-state index in [0.717, 1.165) is 44.1 Å². The first-order valence-corrected chi connectivity index (χ1v) is 12.1. The summed E-state index contributed by atoms with van der Waals surface area (Å²) in [6.07, 6.45) is 11.4. The van der Waals surface area contributed by atoms with Gasteiger partial charge in [-0.15, -0.1) is 0 Å². The van der Waals surface area contributed by atoms with Crippen molar-refractivity contribution in [1.82, 2.24) is 20.2 Å². The summed E-state index contributed by atoms with van der Waals surface area (Å²) in [5.41, 5.74) is 3.64. The van der Waals surface area contributed by atoms with E-state index >= 15 is 0 Å². The zero-order valence-electron chi connectivity index (χ0n) is 19.3. The number of aliphatic imine (C=N–C) groups is 1. The van der Waals surface area contributed by atoms with Gasteiger partial charge in [-0.1, -0.05) is 42.5 Å². The Kier molecular flexibility index (Phi) is 6.33. The lowest BCUT2D eigenvalue weighted by molar-refractivity contribution is 0.0396. The maximum Gasteiger partial charge on any atom is 0.192 e. The molecule has 1 fully saturated rings. The van der Waals surface area contributed by atoms with Crippen molar-refractivity contribution in [3.05, 3.63) is 83.9 Å². The number of fused-ring (bicyclic) bond motifs is 1. The number of nitrogens with zero attached hydrogens (tertiary/aromatic N) is 3. The molecule has 2 aromatic carbocycles. The number of rotatable bonds is 6. The normalized spacial score (nSPS) is 19.2. The highest BCUT2D eigenvalue weighted by Gasteiger charge is 2.43. The summed E-state index contributed by atoms with van der Waals surface area (Å²) in [5.74, 6) is 1.88. The van der Waals surface area contributed by atoms with E-state index in [-0.39, 0.29) is 11.6 Å². The van der Waals surface area contributed by atoms with E-state index in [1.54, 1.807) is 0 Å². The second kappa shape index (κ2) is 9.69. The van der Waals surface area contributed by atoms with Crippen LogP contribution in [0.5, 0.6) is 5.75 Å². The first-order chi connectivity index (χ1) is 16.2. The zero-order chi connectivity index (χ0) is 22.5. The van der Waals surface area contributed by atoms with Crippen LogP contribution in [0.15, 0.2) is 72.2 Å². The lowest BCUT2D eigenvalue weighted by Gasteiger charge is -2.40. The summed E-state index contributed by atoms with van der Waals surface area (Å²) in [7, 11) is 0. The first-order valence-electron chi connectivity index (χ1n) is 12.1. The number of hydrogen-bond donors (Lipinski definition) is 2. The number of aromatic nitrogens is 2. The molecule has 3 aromatic rings. The van der Waals surface area contributed by atoms with Crippen molar-refractivity contribution in [2.24, 2.45) is 4.99 Å². The van der Waals surface area contributed by atoms with Gasteiger partial charge in [0.15, 0.2) is 5.96 Å². The van der Waals surface area contributed by atoms with Crippen molar-refractivity contribution in [2.45, 2.75) is 63.8 Å². The Morgan fingerprint density at radius 3 is 2.67 bits per heavy atom. The summed E-state index contributed by atoms with van der Waals surface area (Å²) in [6, 6.07) is 17.3. The third-order valence-corrected chi connectivity index (χ3v) is 6.73. The average molecular weight is 444 g/mol. The highest BCUT2D eigenvalue weighted by molar-refractivity contribution is 5.80. The minimum absolute atomic E-state index is 0.0333. The Morgan fingerprint density at radius 2 is 1.91 bits per heavy atom. The number of hydrogen-bond acceptors (Lipinski definition) is 3. The van der Waals surface area contributed by atoms with E-state index in [1.165, 1.54) is 29.5 Å². The summed E-state index contributed by atoms with van der Waals surface area (Å²) in [4.78, 5) is 9.02. The third-order valence-electron chi connectivity index (χ3n) is 6.73. The van der Waals surface area contributed by atoms with E-state index in [4.69, 9.17) is 9.73 Å². The van der Waals surface area contributed by atoms with E-state index < -0.39 is 0 Å². The Hall–Kier alpha value is -3.28. The van der Waals surface area contributed by atoms with Crippen LogP contribution in [0.3, 0.4) is 0 Å². The zero-order valence-corrected chi connectivity index (χ0v) is 19.3. The second-order valence-electron chi connectivity index (χ2n) is 9.18. The van der Waals surface area contributed by atoms with Gasteiger partial charge in [0.05, 0.1) is 18.9 Å². The van der Waals surface area contributed by atoms with Gasteiger partial charge in [-0.25, -0.2) is 9.98 Å². The van der Waals surface area contributed by atoms with Crippen molar-refractivity contribution in [3.8, 4) is 5.75 Å². The Balaban J connectivity index is 1.29. The first kappa shape index (κ1) is 21.6. The van der Waals surface area contributed by atoms with Gasteiger partial charge in [0.2, 0.25) is 0 Å². The molecule has 2 aliphatic rings. The molecular formula is C27H33N5O. The molecule has 1 spiro atoms. The molecule has 0 bridgehead atoms. The SMILES string of the molecule is CCNC(=NCc1ccc(Cn2ccnc2)cc1)NC1CC2(CCCC2)Oc2ccccc21. The average Bonchev–Trinajstić information content (AvgIpc) is 3.51. The molecule has 0 saturated heterocycles. The van der Waals surface area contributed by atoms with Gasteiger partial charge in [-0.3, -0.25) is 0 Å². The van der Waals surface area contributed by atoms with Crippen LogP contribution in [0, 0.1) is 0 Å². The molecule has 1 atom stereocenters.